The molecule has 32 heavy (non-hydrogen) atoms. The molecule has 0 atom stereocenters. The number of benzene rings is 3. The van der Waals surface area contributed by atoms with Crippen LogP contribution in [0.3, 0.4) is 0 Å². The lowest BCUT2D eigenvalue weighted by atomic mass is 9.78. The standard InChI is InChI=1S/C29H26N2O/c1-17(2)14-18-12-13-19-23(15-18)30-16-31-27(19)21-9-7-10-22-25(21)29(3,4)26-20-8-5-6-11-24(20)32-28(22)26/h5-13,15-17H,14H2,1-4H3. The zero-order valence-electron chi connectivity index (χ0n) is 18.9. The Balaban J connectivity index is 1.59. The maximum absolute atomic E-state index is 6.37. The summed E-state index contributed by atoms with van der Waals surface area (Å²) in [6.07, 6.45) is 2.75. The Morgan fingerprint density at radius 2 is 1.66 bits per heavy atom. The van der Waals surface area contributed by atoms with Crippen molar-refractivity contribution in [2.24, 2.45) is 5.92 Å². The van der Waals surface area contributed by atoms with Crippen molar-refractivity contribution in [3.63, 3.8) is 0 Å². The van der Waals surface area contributed by atoms with Gasteiger partial charge in [0.1, 0.15) is 17.7 Å². The van der Waals surface area contributed by atoms with E-state index >= 15 is 0 Å². The zero-order chi connectivity index (χ0) is 22.0. The van der Waals surface area contributed by atoms with E-state index < -0.39 is 0 Å². The second-order valence-electron chi connectivity index (χ2n) is 9.83. The third kappa shape index (κ3) is 2.67. The van der Waals surface area contributed by atoms with Gasteiger partial charge in [-0.3, -0.25) is 0 Å². The number of para-hydroxylation sites is 1. The molecule has 3 nitrogen and oxygen atoms in total. The summed E-state index contributed by atoms with van der Waals surface area (Å²) in [5, 5.41) is 2.29. The van der Waals surface area contributed by atoms with E-state index in [9.17, 15) is 0 Å². The fourth-order valence-corrected chi connectivity index (χ4v) is 5.51. The van der Waals surface area contributed by atoms with Gasteiger partial charge in [0.05, 0.1) is 11.2 Å². The Hall–Kier alpha value is -3.46. The summed E-state index contributed by atoms with van der Waals surface area (Å²) < 4.78 is 6.37. The molecule has 3 heteroatoms. The molecule has 1 aliphatic carbocycles. The van der Waals surface area contributed by atoms with E-state index in [1.807, 2.05) is 6.07 Å². The van der Waals surface area contributed by atoms with E-state index in [1.54, 1.807) is 6.33 Å². The van der Waals surface area contributed by atoms with Crippen molar-refractivity contribution in [2.75, 3.05) is 0 Å². The molecule has 2 heterocycles. The summed E-state index contributed by atoms with van der Waals surface area (Å²) in [5.41, 5.74) is 8.96. The molecule has 0 fully saturated rings. The van der Waals surface area contributed by atoms with Crippen LogP contribution in [0.2, 0.25) is 0 Å². The van der Waals surface area contributed by atoms with E-state index in [0.29, 0.717) is 5.92 Å². The van der Waals surface area contributed by atoms with Crippen LogP contribution in [0.4, 0.5) is 0 Å². The minimum atomic E-state index is -0.192. The highest BCUT2D eigenvalue weighted by molar-refractivity contribution is 6.00. The second kappa shape index (κ2) is 6.77. The van der Waals surface area contributed by atoms with Gasteiger partial charge in [-0.2, -0.15) is 0 Å². The summed E-state index contributed by atoms with van der Waals surface area (Å²) in [6.45, 7) is 9.09. The van der Waals surface area contributed by atoms with E-state index in [0.717, 1.165) is 39.9 Å². The van der Waals surface area contributed by atoms with E-state index in [2.05, 4.69) is 87.3 Å². The van der Waals surface area contributed by atoms with E-state index in [4.69, 9.17) is 9.40 Å². The number of fused-ring (bicyclic) bond motifs is 6. The molecule has 0 aliphatic heterocycles. The van der Waals surface area contributed by atoms with Crippen molar-refractivity contribution >= 4 is 21.9 Å². The van der Waals surface area contributed by atoms with Crippen LogP contribution in [0.5, 0.6) is 0 Å². The first kappa shape index (κ1) is 19.2. The van der Waals surface area contributed by atoms with Crippen molar-refractivity contribution in [3.8, 4) is 22.6 Å². The minimum absolute atomic E-state index is 0.192. The summed E-state index contributed by atoms with van der Waals surface area (Å²) in [5.74, 6) is 1.61. The topological polar surface area (TPSA) is 38.9 Å². The van der Waals surface area contributed by atoms with Crippen LogP contribution in [-0.4, -0.2) is 9.97 Å². The van der Waals surface area contributed by atoms with Crippen molar-refractivity contribution in [1.82, 2.24) is 9.97 Å². The molecule has 6 rings (SSSR count). The third-order valence-corrected chi connectivity index (χ3v) is 6.75. The molecule has 0 unspecified atom stereocenters. The maximum Gasteiger partial charge on any atom is 0.139 e. The van der Waals surface area contributed by atoms with Gasteiger partial charge in [-0.05, 0) is 35.6 Å². The monoisotopic (exact) mass is 418 g/mol. The van der Waals surface area contributed by atoms with E-state index in [1.165, 1.54) is 27.6 Å². The number of nitrogens with zero attached hydrogens (tertiary/aromatic N) is 2. The van der Waals surface area contributed by atoms with Crippen molar-refractivity contribution < 1.29 is 4.42 Å². The second-order valence-corrected chi connectivity index (χ2v) is 9.83. The summed E-state index contributed by atoms with van der Waals surface area (Å²) >= 11 is 0. The molecule has 0 radical (unpaired) electrons. The van der Waals surface area contributed by atoms with Crippen LogP contribution in [0.15, 0.2) is 71.4 Å². The Morgan fingerprint density at radius 1 is 0.844 bits per heavy atom. The molecule has 158 valence electrons. The maximum atomic E-state index is 6.37. The first-order chi connectivity index (χ1) is 15.4. The Morgan fingerprint density at radius 3 is 2.50 bits per heavy atom. The van der Waals surface area contributed by atoms with Gasteiger partial charge in [-0.1, -0.05) is 76.2 Å². The molecule has 0 amide bonds. The zero-order valence-corrected chi connectivity index (χ0v) is 18.9. The fraction of sp³-hybridized carbons (Fsp3) is 0.241. The molecule has 0 N–H and O–H groups in total. The van der Waals surface area contributed by atoms with Gasteiger partial charge in [0, 0.05) is 32.9 Å². The van der Waals surface area contributed by atoms with Gasteiger partial charge in [-0.15, -0.1) is 0 Å². The molecule has 0 bridgehead atoms. The summed E-state index contributed by atoms with van der Waals surface area (Å²) in [4.78, 5) is 9.38. The Bertz CT molecular complexity index is 1510. The molecule has 0 saturated heterocycles. The van der Waals surface area contributed by atoms with Crippen molar-refractivity contribution in [3.05, 3.63) is 83.7 Å². The van der Waals surface area contributed by atoms with Crippen LogP contribution in [-0.2, 0) is 11.8 Å². The van der Waals surface area contributed by atoms with Crippen molar-refractivity contribution in [1.29, 1.82) is 0 Å². The third-order valence-electron chi connectivity index (χ3n) is 6.75. The predicted octanol–water partition coefficient (Wildman–Crippen LogP) is 7.55. The molecule has 0 saturated carbocycles. The van der Waals surface area contributed by atoms with Crippen LogP contribution < -0.4 is 0 Å². The Labute approximate surface area is 188 Å². The number of rotatable bonds is 3. The largest absolute Gasteiger partial charge is 0.456 e. The van der Waals surface area contributed by atoms with Crippen LogP contribution in [0.25, 0.3) is 44.5 Å². The lowest BCUT2D eigenvalue weighted by Crippen LogP contribution is -2.16. The Kier molecular flexibility index (Phi) is 4.07. The molecular formula is C29H26N2O. The van der Waals surface area contributed by atoms with Gasteiger partial charge in [0.15, 0.2) is 0 Å². The lowest BCUT2D eigenvalue weighted by Gasteiger charge is -2.24. The number of aromatic nitrogens is 2. The highest BCUT2D eigenvalue weighted by atomic mass is 16.3. The normalized spacial score (nSPS) is 14.3. The van der Waals surface area contributed by atoms with Gasteiger partial charge in [0.25, 0.3) is 0 Å². The minimum Gasteiger partial charge on any atom is -0.456 e. The molecule has 0 spiro atoms. The lowest BCUT2D eigenvalue weighted by molar-refractivity contribution is 0.619. The fourth-order valence-electron chi connectivity index (χ4n) is 5.51. The van der Waals surface area contributed by atoms with Gasteiger partial charge in [0.2, 0.25) is 0 Å². The SMILES string of the molecule is CC(C)Cc1ccc2c(-c3cccc4c3C(C)(C)c3c-4oc4ccccc34)ncnc2c1. The van der Waals surface area contributed by atoms with Gasteiger partial charge < -0.3 is 4.42 Å². The number of furan rings is 1. The molecule has 1 aliphatic rings. The van der Waals surface area contributed by atoms with Gasteiger partial charge in [-0.25, -0.2) is 9.97 Å². The molecular weight excluding hydrogens is 392 g/mol. The smallest absolute Gasteiger partial charge is 0.139 e. The predicted molar refractivity (Wildman–Crippen MR) is 131 cm³/mol. The van der Waals surface area contributed by atoms with Crippen molar-refractivity contribution in [2.45, 2.75) is 39.5 Å². The highest BCUT2D eigenvalue weighted by Crippen LogP contribution is 2.55. The first-order valence-corrected chi connectivity index (χ1v) is 11.3. The number of hydrogen-bond acceptors (Lipinski definition) is 3. The molecule has 2 aromatic heterocycles. The first-order valence-electron chi connectivity index (χ1n) is 11.3. The molecule has 3 aromatic carbocycles. The summed E-state index contributed by atoms with van der Waals surface area (Å²) in [7, 11) is 0. The average Bonchev–Trinajstić information content (AvgIpc) is 3.27. The quantitative estimate of drug-likeness (QED) is 0.304. The van der Waals surface area contributed by atoms with Crippen LogP contribution in [0.1, 0.15) is 44.4 Å². The van der Waals surface area contributed by atoms with E-state index in [-0.39, 0.29) is 5.41 Å². The van der Waals surface area contributed by atoms with Gasteiger partial charge >= 0.3 is 0 Å². The van der Waals surface area contributed by atoms with Crippen LogP contribution >= 0.6 is 0 Å². The highest BCUT2D eigenvalue weighted by Gasteiger charge is 2.42. The van der Waals surface area contributed by atoms with Crippen LogP contribution in [0, 0.1) is 5.92 Å². The molecule has 5 aromatic rings. The number of hydrogen-bond donors (Lipinski definition) is 0. The summed E-state index contributed by atoms with van der Waals surface area (Å²) in [6, 6.07) is 21.5. The average molecular weight is 419 g/mol.